The van der Waals surface area contributed by atoms with Crippen molar-refractivity contribution in [2.24, 2.45) is 0 Å². The first-order valence-electron chi connectivity index (χ1n) is 8.92. The number of nitrogen functional groups attached to an aromatic ring is 1. The van der Waals surface area contributed by atoms with Crippen LogP contribution in [0.15, 0.2) is 41.3 Å². The van der Waals surface area contributed by atoms with Crippen molar-refractivity contribution in [1.82, 2.24) is 15.0 Å². The van der Waals surface area contributed by atoms with E-state index in [-0.39, 0.29) is 10.8 Å². The molecule has 0 fully saturated rings. The number of hydrogen-bond donors (Lipinski definition) is 2. The number of aryl methyl sites for hydroxylation is 1. The summed E-state index contributed by atoms with van der Waals surface area (Å²) < 4.78 is 28.8. The van der Waals surface area contributed by atoms with Gasteiger partial charge in [0.15, 0.2) is 9.84 Å². The Hall–Kier alpha value is -3.64. The number of ether oxygens (including phenoxy) is 1. The molecule has 2 heterocycles. The summed E-state index contributed by atoms with van der Waals surface area (Å²) in [5.41, 5.74) is 8.84. The monoisotopic (exact) mass is 423 g/mol. The van der Waals surface area contributed by atoms with Gasteiger partial charge in [-0.2, -0.15) is 4.98 Å². The first-order valence-corrected chi connectivity index (χ1v) is 10.8. The SMILES string of the molecule is CNc1ccc(C#Cc2c(C)nc(N)nc2-c2ccc(S(C)(=O)=O)cc2)c(OC)n1. The summed E-state index contributed by atoms with van der Waals surface area (Å²) in [4.78, 5) is 13.1. The first kappa shape index (κ1) is 21.1. The Kier molecular flexibility index (Phi) is 5.89. The predicted molar refractivity (Wildman–Crippen MR) is 116 cm³/mol. The molecule has 0 bridgehead atoms. The molecule has 0 saturated heterocycles. The van der Waals surface area contributed by atoms with Gasteiger partial charge in [-0.15, -0.1) is 0 Å². The molecule has 3 N–H and O–H groups in total. The summed E-state index contributed by atoms with van der Waals surface area (Å²) in [5.74, 6) is 7.31. The summed E-state index contributed by atoms with van der Waals surface area (Å²) in [6.45, 7) is 1.79. The highest BCUT2D eigenvalue weighted by Crippen LogP contribution is 2.26. The highest BCUT2D eigenvalue weighted by atomic mass is 32.2. The minimum Gasteiger partial charge on any atom is -0.480 e. The third-order valence-electron chi connectivity index (χ3n) is 4.30. The van der Waals surface area contributed by atoms with Gasteiger partial charge in [0.25, 0.3) is 0 Å². The van der Waals surface area contributed by atoms with E-state index in [0.29, 0.717) is 39.8 Å². The van der Waals surface area contributed by atoms with E-state index in [1.165, 1.54) is 19.2 Å². The number of methoxy groups -OCH3 is 1. The molecule has 0 aliphatic rings. The number of aromatic nitrogens is 3. The molecule has 3 rings (SSSR count). The van der Waals surface area contributed by atoms with Gasteiger partial charge in [0.05, 0.1) is 34.5 Å². The number of sulfone groups is 1. The van der Waals surface area contributed by atoms with E-state index in [2.05, 4.69) is 32.1 Å². The lowest BCUT2D eigenvalue weighted by molar-refractivity contribution is 0.397. The van der Waals surface area contributed by atoms with E-state index in [9.17, 15) is 8.42 Å². The molecule has 3 aromatic rings. The average molecular weight is 423 g/mol. The predicted octanol–water partition coefficient (Wildman–Crippen LogP) is 2.28. The molecule has 30 heavy (non-hydrogen) atoms. The van der Waals surface area contributed by atoms with E-state index in [0.717, 1.165) is 6.26 Å². The molecule has 0 radical (unpaired) electrons. The largest absolute Gasteiger partial charge is 0.480 e. The molecule has 0 spiro atoms. The van der Waals surface area contributed by atoms with Crippen molar-refractivity contribution in [1.29, 1.82) is 0 Å². The zero-order valence-corrected chi connectivity index (χ0v) is 17.8. The first-order chi connectivity index (χ1) is 14.2. The highest BCUT2D eigenvalue weighted by molar-refractivity contribution is 7.90. The molecule has 8 nitrogen and oxygen atoms in total. The summed E-state index contributed by atoms with van der Waals surface area (Å²) >= 11 is 0. The third kappa shape index (κ3) is 4.50. The lowest BCUT2D eigenvalue weighted by Gasteiger charge is -2.09. The smallest absolute Gasteiger partial charge is 0.231 e. The Bertz CT molecular complexity index is 1260. The van der Waals surface area contributed by atoms with Gasteiger partial charge in [-0.1, -0.05) is 24.0 Å². The van der Waals surface area contributed by atoms with E-state index < -0.39 is 9.84 Å². The summed E-state index contributed by atoms with van der Waals surface area (Å²) in [6, 6.07) is 10.00. The van der Waals surface area contributed by atoms with E-state index in [1.807, 2.05) is 0 Å². The fourth-order valence-corrected chi connectivity index (χ4v) is 3.40. The molecule has 0 amide bonds. The number of nitrogens with one attached hydrogen (secondary N) is 1. The fraction of sp³-hybridized carbons (Fsp3) is 0.190. The van der Waals surface area contributed by atoms with E-state index in [4.69, 9.17) is 10.5 Å². The number of benzene rings is 1. The van der Waals surface area contributed by atoms with Gasteiger partial charge in [0.1, 0.15) is 5.82 Å². The molecular formula is C21H21N5O3S. The number of hydrogen-bond acceptors (Lipinski definition) is 8. The minimum atomic E-state index is -3.30. The quantitative estimate of drug-likeness (QED) is 0.613. The van der Waals surface area contributed by atoms with Crippen LogP contribution in [0.4, 0.5) is 11.8 Å². The third-order valence-corrected chi connectivity index (χ3v) is 5.42. The Labute approximate surface area is 175 Å². The van der Waals surface area contributed by atoms with Crippen LogP contribution in [0.5, 0.6) is 5.88 Å². The maximum absolute atomic E-state index is 11.7. The molecule has 9 heteroatoms. The van der Waals surface area contributed by atoms with Crippen LogP contribution in [0, 0.1) is 18.8 Å². The molecule has 0 aliphatic heterocycles. The maximum Gasteiger partial charge on any atom is 0.231 e. The van der Waals surface area contributed by atoms with Crippen molar-refractivity contribution < 1.29 is 13.2 Å². The van der Waals surface area contributed by atoms with Crippen LogP contribution < -0.4 is 15.8 Å². The molecule has 0 aliphatic carbocycles. The molecule has 0 atom stereocenters. The number of nitrogens with zero attached hydrogens (tertiary/aromatic N) is 3. The minimum absolute atomic E-state index is 0.109. The molecular weight excluding hydrogens is 402 g/mol. The van der Waals surface area contributed by atoms with Gasteiger partial charge < -0.3 is 15.8 Å². The molecule has 0 unspecified atom stereocenters. The number of pyridine rings is 1. The average Bonchev–Trinajstić information content (AvgIpc) is 2.72. The second-order valence-corrected chi connectivity index (χ2v) is 8.46. The van der Waals surface area contributed by atoms with Crippen molar-refractivity contribution in [3.63, 3.8) is 0 Å². The normalized spacial score (nSPS) is 10.8. The highest BCUT2D eigenvalue weighted by Gasteiger charge is 2.13. The van der Waals surface area contributed by atoms with Crippen LogP contribution in [0.2, 0.25) is 0 Å². The van der Waals surface area contributed by atoms with Crippen LogP contribution in [0.1, 0.15) is 16.8 Å². The zero-order chi connectivity index (χ0) is 21.9. The van der Waals surface area contributed by atoms with Crippen LogP contribution in [0.3, 0.4) is 0 Å². The van der Waals surface area contributed by atoms with Gasteiger partial charge >= 0.3 is 0 Å². The fourth-order valence-electron chi connectivity index (χ4n) is 2.77. The van der Waals surface area contributed by atoms with E-state index >= 15 is 0 Å². The Morgan fingerprint density at radius 2 is 1.73 bits per heavy atom. The van der Waals surface area contributed by atoms with Crippen molar-refractivity contribution in [2.75, 3.05) is 31.5 Å². The van der Waals surface area contributed by atoms with Crippen LogP contribution in [-0.4, -0.2) is 43.8 Å². The second kappa shape index (κ2) is 8.39. The maximum atomic E-state index is 11.7. The van der Waals surface area contributed by atoms with Gasteiger partial charge in [0.2, 0.25) is 11.8 Å². The lowest BCUT2D eigenvalue weighted by atomic mass is 10.0. The lowest BCUT2D eigenvalue weighted by Crippen LogP contribution is -2.03. The standard InChI is InChI=1S/C21H21N5O3S/c1-13-17(11-7-15-8-12-18(23-2)25-20(15)29-3)19(26-21(22)24-13)14-5-9-16(10-6-14)30(4,27)28/h5-6,8-10,12H,1-4H3,(H,23,25)(H2,22,24,26). The van der Waals surface area contributed by atoms with Gasteiger partial charge in [0, 0.05) is 18.9 Å². The number of rotatable bonds is 4. The number of anilines is 2. The van der Waals surface area contributed by atoms with Crippen LogP contribution in [-0.2, 0) is 9.84 Å². The van der Waals surface area contributed by atoms with Crippen LogP contribution in [0.25, 0.3) is 11.3 Å². The summed E-state index contributed by atoms with van der Waals surface area (Å²) in [6.07, 6.45) is 1.16. The zero-order valence-electron chi connectivity index (χ0n) is 17.0. The van der Waals surface area contributed by atoms with Crippen molar-refractivity contribution in [3.05, 3.63) is 53.2 Å². The molecule has 154 valence electrons. The Morgan fingerprint density at radius 3 is 2.33 bits per heavy atom. The summed E-state index contributed by atoms with van der Waals surface area (Å²) in [7, 11) is -0.00489. The Balaban J connectivity index is 2.11. The number of nitrogens with two attached hydrogens (primary N) is 1. The van der Waals surface area contributed by atoms with Crippen molar-refractivity contribution in [2.45, 2.75) is 11.8 Å². The molecule has 2 aromatic heterocycles. The second-order valence-electron chi connectivity index (χ2n) is 6.44. The topological polar surface area (TPSA) is 120 Å². The van der Waals surface area contributed by atoms with Gasteiger partial charge in [-0.25, -0.2) is 18.4 Å². The van der Waals surface area contributed by atoms with Crippen molar-refractivity contribution >= 4 is 21.6 Å². The van der Waals surface area contributed by atoms with E-state index in [1.54, 1.807) is 38.2 Å². The Morgan fingerprint density at radius 1 is 1.03 bits per heavy atom. The summed E-state index contributed by atoms with van der Waals surface area (Å²) in [5, 5.41) is 2.95. The molecule has 0 saturated carbocycles. The van der Waals surface area contributed by atoms with Gasteiger partial charge in [-0.05, 0) is 31.2 Å². The van der Waals surface area contributed by atoms with Crippen molar-refractivity contribution in [3.8, 4) is 29.0 Å². The molecule has 1 aromatic carbocycles. The van der Waals surface area contributed by atoms with Gasteiger partial charge in [-0.3, -0.25) is 0 Å². The van der Waals surface area contributed by atoms with Crippen LogP contribution >= 0.6 is 0 Å².